The third kappa shape index (κ3) is 6.64. The molecule has 2 aromatic carbocycles. The second-order valence-corrected chi connectivity index (χ2v) is 10.3. The molecule has 2 N–H and O–H groups in total. The third-order valence-electron chi connectivity index (χ3n) is 6.41. The molecule has 37 heavy (non-hydrogen) atoms. The zero-order valence-corrected chi connectivity index (χ0v) is 21.8. The summed E-state index contributed by atoms with van der Waals surface area (Å²) in [6.45, 7) is 7.53. The van der Waals surface area contributed by atoms with E-state index >= 15 is 0 Å². The number of likely N-dealkylation sites (tertiary alicyclic amines) is 1. The van der Waals surface area contributed by atoms with Gasteiger partial charge in [-0.3, -0.25) is 4.98 Å². The van der Waals surface area contributed by atoms with Crippen LogP contribution in [0.2, 0.25) is 0 Å². The fraction of sp³-hybridized carbons (Fsp3) is 0.379. The number of carbonyl (C=O) groups is 1. The summed E-state index contributed by atoms with van der Waals surface area (Å²) in [6, 6.07) is 16.9. The molecule has 1 aliphatic heterocycles. The highest BCUT2D eigenvalue weighted by molar-refractivity contribution is 5.68. The standard InChI is InChI=1S/C29H35N3O5/c1-29(2,3)37-28(35)31-15-12-23(13-16-31)32(22-6-8-24(36-4)9-7-22)19-20-11-14-30-25(17-20)21-5-10-26(33)27(34)18-21/h5-11,14,17-18,23,33-34H,12-13,15-16,19H2,1-4H3. The highest BCUT2D eigenvalue weighted by Crippen LogP contribution is 2.32. The fourth-order valence-electron chi connectivity index (χ4n) is 4.50. The molecule has 1 amide bonds. The van der Waals surface area contributed by atoms with Crippen LogP contribution in [0.3, 0.4) is 0 Å². The first-order chi connectivity index (χ1) is 17.6. The van der Waals surface area contributed by atoms with E-state index < -0.39 is 5.60 Å². The largest absolute Gasteiger partial charge is 0.504 e. The van der Waals surface area contributed by atoms with Gasteiger partial charge in [0, 0.05) is 43.1 Å². The predicted octanol–water partition coefficient (Wildman–Crippen LogP) is 5.57. The number of phenolic OH excluding ortho intramolecular Hbond substituents is 2. The molecule has 0 bridgehead atoms. The Morgan fingerprint density at radius 3 is 2.35 bits per heavy atom. The molecule has 0 aliphatic carbocycles. The Morgan fingerprint density at radius 2 is 1.73 bits per heavy atom. The van der Waals surface area contributed by atoms with Gasteiger partial charge in [0.25, 0.3) is 0 Å². The highest BCUT2D eigenvalue weighted by atomic mass is 16.6. The number of anilines is 1. The number of rotatable bonds is 6. The number of carbonyl (C=O) groups excluding carboxylic acids is 1. The van der Waals surface area contributed by atoms with E-state index in [2.05, 4.69) is 22.0 Å². The normalized spacial score (nSPS) is 14.3. The van der Waals surface area contributed by atoms with Crippen LogP contribution in [0.25, 0.3) is 11.3 Å². The minimum absolute atomic E-state index is 0.164. The molecule has 0 atom stereocenters. The SMILES string of the molecule is COc1ccc(N(Cc2ccnc(-c3ccc(O)c(O)c3)c2)C2CCN(C(=O)OC(C)(C)C)CC2)cc1. The van der Waals surface area contributed by atoms with Crippen molar-refractivity contribution in [1.82, 2.24) is 9.88 Å². The Kier molecular flexibility index (Phi) is 7.76. The van der Waals surface area contributed by atoms with Crippen LogP contribution in [-0.2, 0) is 11.3 Å². The number of nitrogens with zero attached hydrogens (tertiary/aromatic N) is 3. The monoisotopic (exact) mass is 505 g/mol. The molecule has 1 fully saturated rings. The molecule has 1 saturated heterocycles. The molecule has 0 saturated carbocycles. The topological polar surface area (TPSA) is 95.4 Å². The molecule has 3 aromatic rings. The molecular formula is C29H35N3O5. The van der Waals surface area contributed by atoms with Gasteiger partial charge in [0.2, 0.25) is 0 Å². The number of methoxy groups -OCH3 is 1. The van der Waals surface area contributed by atoms with E-state index in [4.69, 9.17) is 9.47 Å². The van der Waals surface area contributed by atoms with Crippen LogP contribution in [-0.4, -0.2) is 58.0 Å². The summed E-state index contributed by atoms with van der Waals surface area (Å²) < 4.78 is 10.9. The van der Waals surface area contributed by atoms with Crippen LogP contribution in [0.4, 0.5) is 10.5 Å². The van der Waals surface area contributed by atoms with Gasteiger partial charge >= 0.3 is 6.09 Å². The molecule has 196 valence electrons. The molecule has 2 heterocycles. The third-order valence-corrected chi connectivity index (χ3v) is 6.41. The van der Waals surface area contributed by atoms with Crippen molar-refractivity contribution in [1.29, 1.82) is 0 Å². The van der Waals surface area contributed by atoms with Gasteiger partial charge < -0.3 is 29.5 Å². The van der Waals surface area contributed by atoms with Crippen LogP contribution in [0.1, 0.15) is 39.2 Å². The van der Waals surface area contributed by atoms with Crippen molar-refractivity contribution in [2.24, 2.45) is 0 Å². The molecule has 0 unspecified atom stereocenters. The fourth-order valence-corrected chi connectivity index (χ4v) is 4.50. The average Bonchev–Trinajstić information content (AvgIpc) is 2.88. The molecule has 1 aliphatic rings. The number of hydrogen-bond acceptors (Lipinski definition) is 7. The van der Waals surface area contributed by atoms with Gasteiger partial charge in [0.1, 0.15) is 11.4 Å². The molecule has 4 rings (SSSR count). The summed E-state index contributed by atoms with van der Waals surface area (Å²) >= 11 is 0. The number of amides is 1. The number of pyridine rings is 1. The van der Waals surface area contributed by atoms with Crippen molar-refractivity contribution in [3.05, 3.63) is 66.4 Å². The quantitative estimate of drug-likeness (QED) is 0.423. The summed E-state index contributed by atoms with van der Waals surface area (Å²) in [6.07, 6.45) is 3.12. The Hall–Kier alpha value is -3.94. The van der Waals surface area contributed by atoms with E-state index in [9.17, 15) is 15.0 Å². The van der Waals surface area contributed by atoms with E-state index in [1.807, 2.05) is 45.0 Å². The number of ether oxygens (including phenoxy) is 2. The Balaban J connectivity index is 1.55. The van der Waals surface area contributed by atoms with Gasteiger partial charge in [-0.1, -0.05) is 0 Å². The number of piperidine rings is 1. The highest BCUT2D eigenvalue weighted by Gasteiger charge is 2.30. The molecule has 8 nitrogen and oxygen atoms in total. The lowest BCUT2D eigenvalue weighted by Crippen LogP contribution is -2.48. The van der Waals surface area contributed by atoms with Crippen molar-refractivity contribution < 1.29 is 24.5 Å². The summed E-state index contributed by atoms with van der Waals surface area (Å²) in [7, 11) is 1.65. The number of phenols is 2. The van der Waals surface area contributed by atoms with Gasteiger partial charge in [-0.15, -0.1) is 0 Å². The number of hydrogen-bond donors (Lipinski definition) is 2. The average molecular weight is 506 g/mol. The number of aromatic nitrogens is 1. The zero-order valence-electron chi connectivity index (χ0n) is 21.8. The van der Waals surface area contributed by atoms with E-state index in [0.717, 1.165) is 35.4 Å². The van der Waals surface area contributed by atoms with Gasteiger partial charge in [-0.2, -0.15) is 0 Å². The lowest BCUT2D eigenvalue weighted by Gasteiger charge is -2.40. The lowest BCUT2D eigenvalue weighted by atomic mass is 10.0. The summed E-state index contributed by atoms with van der Waals surface area (Å²) in [5.41, 5.74) is 3.04. The van der Waals surface area contributed by atoms with Gasteiger partial charge in [-0.05, 0) is 93.8 Å². The maximum atomic E-state index is 12.6. The Morgan fingerprint density at radius 1 is 1.03 bits per heavy atom. The van der Waals surface area contributed by atoms with Gasteiger partial charge in [-0.25, -0.2) is 4.79 Å². The van der Waals surface area contributed by atoms with E-state index in [0.29, 0.717) is 25.3 Å². The first-order valence-corrected chi connectivity index (χ1v) is 12.5. The molecule has 8 heteroatoms. The lowest BCUT2D eigenvalue weighted by molar-refractivity contribution is 0.0204. The van der Waals surface area contributed by atoms with Crippen molar-refractivity contribution in [2.75, 3.05) is 25.1 Å². The van der Waals surface area contributed by atoms with Crippen LogP contribution in [0, 0.1) is 0 Å². The first-order valence-electron chi connectivity index (χ1n) is 12.5. The smallest absolute Gasteiger partial charge is 0.410 e. The Bertz CT molecular complexity index is 1210. The summed E-state index contributed by atoms with van der Waals surface area (Å²) in [5, 5.41) is 19.6. The van der Waals surface area contributed by atoms with E-state index in [1.54, 1.807) is 24.3 Å². The van der Waals surface area contributed by atoms with Crippen LogP contribution >= 0.6 is 0 Å². The van der Waals surface area contributed by atoms with Crippen molar-refractivity contribution in [2.45, 2.75) is 51.8 Å². The minimum atomic E-state index is -0.517. The van der Waals surface area contributed by atoms with Crippen LogP contribution in [0.15, 0.2) is 60.8 Å². The molecule has 1 aromatic heterocycles. The summed E-state index contributed by atoms with van der Waals surface area (Å²) in [5.74, 6) is 0.450. The second-order valence-electron chi connectivity index (χ2n) is 10.3. The molecule has 0 radical (unpaired) electrons. The van der Waals surface area contributed by atoms with Crippen molar-refractivity contribution in [3.63, 3.8) is 0 Å². The van der Waals surface area contributed by atoms with Crippen LogP contribution < -0.4 is 9.64 Å². The van der Waals surface area contributed by atoms with Gasteiger partial charge in [0.15, 0.2) is 11.5 Å². The summed E-state index contributed by atoms with van der Waals surface area (Å²) in [4.78, 5) is 21.2. The van der Waals surface area contributed by atoms with E-state index in [-0.39, 0.29) is 23.6 Å². The Labute approximate surface area is 218 Å². The van der Waals surface area contributed by atoms with Crippen molar-refractivity contribution >= 4 is 11.8 Å². The predicted molar refractivity (Wildman–Crippen MR) is 143 cm³/mol. The van der Waals surface area contributed by atoms with Gasteiger partial charge in [0.05, 0.1) is 12.8 Å². The van der Waals surface area contributed by atoms with Crippen LogP contribution in [0.5, 0.6) is 17.2 Å². The maximum absolute atomic E-state index is 12.6. The first kappa shape index (κ1) is 26.1. The van der Waals surface area contributed by atoms with E-state index in [1.165, 1.54) is 12.1 Å². The minimum Gasteiger partial charge on any atom is -0.504 e. The molecule has 0 spiro atoms. The zero-order chi connectivity index (χ0) is 26.6. The number of benzene rings is 2. The van der Waals surface area contributed by atoms with Crippen molar-refractivity contribution in [3.8, 4) is 28.5 Å². The number of aromatic hydroxyl groups is 2. The second kappa shape index (κ2) is 11.0. The molecular weight excluding hydrogens is 470 g/mol. The maximum Gasteiger partial charge on any atom is 0.410 e.